The lowest BCUT2D eigenvalue weighted by Crippen LogP contribution is -2.21. The Morgan fingerprint density at radius 1 is 1.04 bits per heavy atom. The molecular weight excluding hydrogens is 347 g/mol. The Morgan fingerprint density at radius 2 is 1.77 bits per heavy atom. The normalized spacial score (nSPS) is 11.4. The Kier molecular flexibility index (Phi) is 4.41. The molecule has 0 aliphatic rings. The largest absolute Gasteiger partial charge is 0.416 e. The van der Waals surface area contributed by atoms with E-state index in [2.05, 4.69) is 10.6 Å². The average molecular weight is 361 g/mol. The number of aromatic nitrogens is 1. The summed E-state index contributed by atoms with van der Waals surface area (Å²) in [5.41, 5.74) is -0.731. The fraction of sp³-hybridized carbons (Fsp3) is 0.111. The van der Waals surface area contributed by atoms with E-state index in [1.54, 1.807) is 18.2 Å². The molecule has 2 N–H and O–H groups in total. The van der Waals surface area contributed by atoms with Gasteiger partial charge < -0.3 is 10.6 Å². The van der Waals surface area contributed by atoms with Crippen LogP contribution in [0.25, 0.3) is 10.9 Å². The zero-order valence-electron chi connectivity index (χ0n) is 13.6. The maximum Gasteiger partial charge on any atom is 0.416 e. The smallest absolute Gasteiger partial charge is 0.355 e. The zero-order valence-corrected chi connectivity index (χ0v) is 13.6. The van der Waals surface area contributed by atoms with Crippen LogP contribution in [0.3, 0.4) is 0 Å². The molecule has 0 radical (unpaired) electrons. The summed E-state index contributed by atoms with van der Waals surface area (Å²) in [6.07, 6.45) is -3.13. The summed E-state index contributed by atoms with van der Waals surface area (Å²) in [5, 5.41) is 5.50. The maximum atomic E-state index is 13.1. The molecule has 3 aromatic rings. The molecule has 0 aliphatic carbocycles. The number of hydrogen-bond acceptors (Lipinski definition) is 2. The summed E-state index contributed by atoms with van der Waals surface area (Å²) >= 11 is 0. The lowest BCUT2D eigenvalue weighted by Gasteiger charge is -2.13. The van der Waals surface area contributed by atoms with Crippen molar-refractivity contribution in [3.63, 3.8) is 0 Å². The minimum Gasteiger partial charge on any atom is -0.355 e. The lowest BCUT2D eigenvalue weighted by atomic mass is 10.1. The van der Waals surface area contributed by atoms with Crippen LogP contribution in [0.1, 0.15) is 15.9 Å². The van der Waals surface area contributed by atoms with Crippen molar-refractivity contribution in [1.29, 1.82) is 0 Å². The lowest BCUT2D eigenvalue weighted by molar-refractivity contribution is -0.137. The second kappa shape index (κ2) is 6.55. The van der Waals surface area contributed by atoms with Crippen molar-refractivity contribution < 1.29 is 22.8 Å². The number of hydrogen-bond donors (Lipinski definition) is 2. The predicted octanol–water partition coefficient (Wildman–Crippen LogP) is 4.10. The highest BCUT2D eigenvalue weighted by Crippen LogP contribution is 2.32. The van der Waals surface area contributed by atoms with Crippen molar-refractivity contribution in [3.8, 4) is 0 Å². The van der Waals surface area contributed by atoms with E-state index in [0.717, 1.165) is 17.5 Å². The first kappa shape index (κ1) is 17.5. The number of benzene rings is 2. The highest BCUT2D eigenvalue weighted by Gasteiger charge is 2.32. The number of nitrogens with one attached hydrogen (secondary N) is 2. The van der Waals surface area contributed by atoms with Gasteiger partial charge in [-0.1, -0.05) is 18.2 Å². The monoisotopic (exact) mass is 361 g/mol. The molecule has 26 heavy (non-hydrogen) atoms. The number of alkyl halides is 3. The van der Waals surface area contributed by atoms with Gasteiger partial charge in [-0.25, -0.2) is 4.79 Å². The highest BCUT2D eigenvalue weighted by molar-refractivity contribution is 6.00. The van der Waals surface area contributed by atoms with Gasteiger partial charge in [0.1, 0.15) is 0 Å². The van der Waals surface area contributed by atoms with Crippen molar-refractivity contribution in [2.75, 3.05) is 12.4 Å². The molecule has 0 atom stereocenters. The van der Waals surface area contributed by atoms with Gasteiger partial charge in [-0.05, 0) is 30.3 Å². The first-order valence-electron chi connectivity index (χ1n) is 7.61. The van der Waals surface area contributed by atoms with Crippen LogP contribution in [0.5, 0.6) is 0 Å². The first-order valence-corrected chi connectivity index (χ1v) is 7.61. The van der Waals surface area contributed by atoms with Gasteiger partial charge in [-0.2, -0.15) is 13.2 Å². The number of carbonyl (C=O) groups excluding carboxylic acids is 2. The molecule has 3 rings (SSSR count). The van der Waals surface area contributed by atoms with E-state index in [1.165, 1.54) is 23.9 Å². The van der Waals surface area contributed by atoms with Gasteiger partial charge in [-0.3, -0.25) is 9.36 Å². The van der Waals surface area contributed by atoms with Crippen LogP contribution in [0.4, 0.5) is 23.7 Å². The van der Waals surface area contributed by atoms with Gasteiger partial charge in [0.25, 0.3) is 5.91 Å². The molecular formula is C18H14F3N3O2. The van der Waals surface area contributed by atoms with Gasteiger partial charge >= 0.3 is 12.2 Å². The number of fused-ring (bicyclic) bond motifs is 1. The van der Waals surface area contributed by atoms with Gasteiger partial charge in [-0.15, -0.1) is 0 Å². The molecule has 0 unspecified atom stereocenters. The van der Waals surface area contributed by atoms with E-state index < -0.39 is 23.7 Å². The molecule has 0 spiro atoms. The van der Waals surface area contributed by atoms with Crippen molar-refractivity contribution in [2.45, 2.75) is 6.18 Å². The summed E-state index contributed by atoms with van der Waals surface area (Å²) in [4.78, 5) is 24.2. The molecule has 1 heterocycles. The van der Waals surface area contributed by atoms with Crippen LogP contribution >= 0.6 is 0 Å². The zero-order chi connectivity index (χ0) is 18.9. The molecule has 8 heteroatoms. The number of amides is 2. The van der Waals surface area contributed by atoms with Crippen molar-refractivity contribution >= 4 is 28.5 Å². The third-order valence-electron chi connectivity index (χ3n) is 3.82. The Bertz CT molecular complexity index is 993. The van der Waals surface area contributed by atoms with Crippen molar-refractivity contribution in [2.24, 2.45) is 0 Å². The molecule has 0 saturated heterocycles. The number of carbonyl (C=O) groups is 2. The number of para-hydroxylation sites is 1. The third kappa shape index (κ3) is 3.39. The standard InChI is InChI=1S/C18H14F3N3O2/c1-22-16(25)12-8-13(18(19,20)21)10-14(9-12)23-17(26)24-7-6-11-4-2-3-5-15(11)24/h2-10H,1H3,(H,22,25)(H,23,26). The molecule has 0 bridgehead atoms. The third-order valence-corrected chi connectivity index (χ3v) is 3.82. The number of rotatable bonds is 2. The molecule has 5 nitrogen and oxygen atoms in total. The van der Waals surface area contributed by atoms with Gasteiger partial charge in [0.15, 0.2) is 0 Å². The fourth-order valence-electron chi connectivity index (χ4n) is 2.58. The van der Waals surface area contributed by atoms with Crippen LogP contribution in [0.15, 0.2) is 54.7 Å². The first-order chi connectivity index (χ1) is 12.3. The molecule has 1 aromatic heterocycles. The Morgan fingerprint density at radius 3 is 2.46 bits per heavy atom. The van der Waals surface area contributed by atoms with Gasteiger partial charge in [0.2, 0.25) is 0 Å². The van der Waals surface area contributed by atoms with Gasteiger partial charge in [0.05, 0.1) is 11.1 Å². The summed E-state index contributed by atoms with van der Waals surface area (Å²) in [7, 11) is 1.31. The SMILES string of the molecule is CNC(=O)c1cc(NC(=O)n2ccc3ccccc32)cc(C(F)(F)F)c1. The number of nitrogens with zero attached hydrogens (tertiary/aromatic N) is 1. The van der Waals surface area contributed by atoms with E-state index in [4.69, 9.17) is 0 Å². The quantitative estimate of drug-likeness (QED) is 0.722. The van der Waals surface area contributed by atoms with E-state index in [-0.39, 0.29) is 11.3 Å². The topological polar surface area (TPSA) is 63.1 Å². The summed E-state index contributed by atoms with van der Waals surface area (Å²) in [5.74, 6) is -0.682. The Labute approximate surface area is 146 Å². The summed E-state index contributed by atoms with van der Waals surface area (Å²) in [6, 6.07) is 10.9. The second-order valence-corrected chi connectivity index (χ2v) is 5.55. The Balaban J connectivity index is 1.98. The van der Waals surface area contributed by atoms with E-state index in [0.29, 0.717) is 5.52 Å². The number of halogens is 3. The van der Waals surface area contributed by atoms with Crippen molar-refractivity contribution in [1.82, 2.24) is 9.88 Å². The number of anilines is 1. The molecule has 0 saturated carbocycles. The molecule has 0 aliphatic heterocycles. The summed E-state index contributed by atoms with van der Waals surface area (Å²) < 4.78 is 40.5. The minimum atomic E-state index is -4.65. The molecule has 2 amide bonds. The van der Waals surface area contributed by atoms with E-state index in [9.17, 15) is 22.8 Å². The minimum absolute atomic E-state index is 0.124. The van der Waals surface area contributed by atoms with Crippen LogP contribution in [0.2, 0.25) is 0 Å². The second-order valence-electron chi connectivity index (χ2n) is 5.55. The van der Waals surface area contributed by atoms with Crippen LogP contribution in [-0.4, -0.2) is 23.6 Å². The van der Waals surface area contributed by atoms with Gasteiger partial charge in [0, 0.05) is 29.9 Å². The predicted molar refractivity (Wildman–Crippen MR) is 91.2 cm³/mol. The molecule has 2 aromatic carbocycles. The average Bonchev–Trinajstić information content (AvgIpc) is 3.04. The molecule has 134 valence electrons. The highest BCUT2D eigenvalue weighted by atomic mass is 19.4. The van der Waals surface area contributed by atoms with Crippen LogP contribution in [0, 0.1) is 0 Å². The van der Waals surface area contributed by atoms with Crippen molar-refractivity contribution in [3.05, 3.63) is 65.9 Å². The van der Waals surface area contributed by atoms with Crippen LogP contribution in [-0.2, 0) is 6.18 Å². The fourth-order valence-corrected chi connectivity index (χ4v) is 2.58. The van der Waals surface area contributed by atoms with Crippen LogP contribution < -0.4 is 10.6 Å². The van der Waals surface area contributed by atoms with E-state index in [1.807, 2.05) is 12.1 Å². The Hall–Kier alpha value is -3.29. The molecule has 0 fully saturated rings. The van der Waals surface area contributed by atoms with E-state index >= 15 is 0 Å². The maximum absolute atomic E-state index is 13.1. The summed E-state index contributed by atoms with van der Waals surface area (Å²) in [6.45, 7) is 0.